The van der Waals surface area contributed by atoms with Crippen LogP contribution in [0.5, 0.6) is 5.75 Å². The standard InChI is InChI=1S/C24H21NO5/c1-16-5-7-18(8-6-16)25(14-20-4-3-11-28-20)23(26)15-29-19-9-10-22-21(13-19)17(2)12-24(27)30-22/h3-13H,14-15H2,1-2H3. The van der Waals surface area contributed by atoms with Gasteiger partial charge in [0.1, 0.15) is 17.1 Å². The number of carbonyl (C=O) groups is 1. The number of furan rings is 1. The van der Waals surface area contributed by atoms with Crippen LogP contribution in [0.4, 0.5) is 5.69 Å². The Labute approximate surface area is 173 Å². The van der Waals surface area contributed by atoms with E-state index in [0.29, 0.717) is 23.6 Å². The van der Waals surface area contributed by atoms with Gasteiger partial charge in [-0.05, 0) is 61.9 Å². The minimum absolute atomic E-state index is 0.143. The first-order chi connectivity index (χ1) is 14.5. The van der Waals surface area contributed by atoms with Crippen molar-refractivity contribution in [2.45, 2.75) is 20.4 Å². The first kappa shape index (κ1) is 19.5. The lowest BCUT2D eigenvalue weighted by atomic mass is 10.1. The number of nitrogens with zero attached hydrogens (tertiary/aromatic N) is 1. The van der Waals surface area contributed by atoms with Crippen LogP contribution in [0.2, 0.25) is 0 Å². The number of fused-ring (bicyclic) bond motifs is 1. The lowest BCUT2D eigenvalue weighted by molar-refractivity contribution is -0.120. The van der Waals surface area contributed by atoms with Crippen molar-refractivity contribution in [1.29, 1.82) is 0 Å². The summed E-state index contributed by atoms with van der Waals surface area (Å²) in [6.07, 6.45) is 1.58. The molecule has 152 valence electrons. The molecule has 0 aliphatic heterocycles. The number of carbonyl (C=O) groups excluding carboxylic acids is 1. The van der Waals surface area contributed by atoms with Gasteiger partial charge in [0.05, 0.1) is 12.8 Å². The lowest BCUT2D eigenvalue weighted by Gasteiger charge is -2.22. The molecule has 0 bridgehead atoms. The second-order valence-electron chi connectivity index (χ2n) is 7.09. The molecule has 6 nitrogen and oxygen atoms in total. The van der Waals surface area contributed by atoms with E-state index in [0.717, 1.165) is 22.2 Å². The fraction of sp³-hybridized carbons (Fsp3) is 0.167. The van der Waals surface area contributed by atoms with Crippen molar-refractivity contribution in [1.82, 2.24) is 0 Å². The van der Waals surface area contributed by atoms with Gasteiger partial charge in [0.15, 0.2) is 6.61 Å². The fourth-order valence-electron chi connectivity index (χ4n) is 3.22. The van der Waals surface area contributed by atoms with Crippen molar-refractivity contribution in [3.8, 4) is 5.75 Å². The van der Waals surface area contributed by atoms with E-state index >= 15 is 0 Å². The van der Waals surface area contributed by atoms with Crippen LogP contribution in [0, 0.1) is 13.8 Å². The number of amides is 1. The molecule has 0 unspecified atom stereocenters. The Hall–Kier alpha value is -3.80. The molecule has 0 saturated carbocycles. The van der Waals surface area contributed by atoms with Gasteiger partial charge in [-0.1, -0.05) is 17.7 Å². The number of anilines is 1. The van der Waals surface area contributed by atoms with Crippen molar-refractivity contribution in [2.75, 3.05) is 11.5 Å². The van der Waals surface area contributed by atoms with Gasteiger partial charge in [-0.15, -0.1) is 0 Å². The van der Waals surface area contributed by atoms with Crippen LogP contribution >= 0.6 is 0 Å². The molecule has 2 heterocycles. The molecule has 2 aromatic heterocycles. The van der Waals surface area contributed by atoms with Crippen LogP contribution in [-0.2, 0) is 11.3 Å². The van der Waals surface area contributed by atoms with E-state index in [4.69, 9.17) is 13.6 Å². The third kappa shape index (κ3) is 4.27. The van der Waals surface area contributed by atoms with Gasteiger partial charge >= 0.3 is 5.63 Å². The van der Waals surface area contributed by atoms with E-state index in [1.807, 2.05) is 44.2 Å². The molecule has 30 heavy (non-hydrogen) atoms. The van der Waals surface area contributed by atoms with Crippen molar-refractivity contribution in [2.24, 2.45) is 0 Å². The molecule has 0 aliphatic rings. The van der Waals surface area contributed by atoms with Gasteiger partial charge in [0.25, 0.3) is 5.91 Å². The van der Waals surface area contributed by atoms with E-state index in [1.165, 1.54) is 6.07 Å². The Morgan fingerprint density at radius 1 is 1.03 bits per heavy atom. The number of ether oxygens (including phenoxy) is 1. The zero-order valence-corrected chi connectivity index (χ0v) is 16.8. The van der Waals surface area contributed by atoms with Crippen LogP contribution in [-0.4, -0.2) is 12.5 Å². The van der Waals surface area contributed by atoms with Crippen molar-refractivity contribution >= 4 is 22.6 Å². The third-order valence-corrected chi connectivity index (χ3v) is 4.82. The SMILES string of the molecule is Cc1ccc(N(Cc2ccco2)C(=O)COc2ccc3oc(=O)cc(C)c3c2)cc1. The van der Waals surface area contributed by atoms with Crippen molar-refractivity contribution < 1.29 is 18.4 Å². The third-order valence-electron chi connectivity index (χ3n) is 4.82. The molecule has 0 aliphatic carbocycles. The summed E-state index contributed by atoms with van der Waals surface area (Å²) in [6.45, 7) is 3.99. The highest BCUT2D eigenvalue weighted by molar-refractivity contribution is 5.94. The number of benzene rings is 2. The summed E-state index contributed by atoms with van der Waals surface area (Å²) in [7, 11) is 0. The highest BCUT2D eigenvalue weighted by Gasteiger charge is 2.18. The number of aryl methyl sites for hydroxylation is 2. The molecule has 4 rings (SSSR count). The van der Waals surface area contributed by atoms with Crippen LogP contribution in [0.25, 0.3) is 11.0 Å². The van der Waals surface area contributed by atoms with Gasteiger partial charge < -0.3 is 18.5 Å². The second kappa shape index (κ2) is 8.29. The molecule has 0 N–H and O–H groups in total. The summed E-state index contributed by atoms with van der Waals surface area (Å²) < 4.78 is 16.4. The lowest BCUT2D eigenvalue weighted by Crippen LogP contribution is -2.34. The fourth-order valence-corrected chi connectivity index (χ4v) is 3.22. The molecule has 2 aromatic carbocycles. The Balaban J connectivity index is 1.54. The quantitative estimate of drug-likeness (QED) is 0.440. The molecule has 0 spiro atoms. The smallest absolute Gasteiger partial charge is 0.336 e. The minimum atomic E-state index is -0.393. The first-order valence-corrected chi connectivity index (χ1v) is 9.56. The molecule has 1 amide bonds. The van der Waals surface area contributed by atoms with E-state index < -0.39 is 5.63 Å². The Morgan fingerprint density at radius 2 is 1.83 bits per heavy atom. The van der Waals surface area contributed by atoms with Crippen LogP contribution in [0.15, 0.2) is 80.6 Å². The van der Waals surface area contributed by atoms with Crippen LogP contribution in [0.1, 0.15) is 16.9 Å². The van der Waals surface area contributed by atoms with Gasteiger partial charge in [0, 0.05) is 17.1 Å². The monoisotopic (exact) mass is 403 g/mol. The summed E-state index contributed by atoms with van der Waals surface area (Å²) in [5.41, 5.74) is 2.76. The van der Waals surface area contributed by atoms with Gasteiger partial charge in [-0.3, -0.25) is 4.79 Å². The van der Waals surface area contributed by atoms with Gasteiger partial charge in [-0.2, -0.15) is 0 Å². The largest absolute Gasteiger partial charge is 0.484 e. The zero-order valence-electron chi connectivity index (χ0n) is 16.8. The van der Waals surface area contributed by atoms with Crippen molar-refractivity contribution in [3.05, 3.63) is 94.2 Å². The second-order valence-corrected chi connectivity index (χ2v) is 7.09. The summed E-state index contributed by atoms with van der Waals surface area (Å²) in [4.78, 5) is 26.1. The average molecular weight is 403 g/mol. The Bertz CT molecular complexity index is 1220. The van der Waals surface area contributed by atoms with E-state index in [9.17, 15) is 9.59 Å². The first-order valence-electron chi connectivity index (χ1n) is 9.56. The number of rotatable bonds is 6. The molecule has 0 saturated heterocycles. The average Bonchev–Trinajstić information content (AvgIpc) is 3.24. The predicted molar refractivity (Wildman–Crippen MR) is 114 cm³/mol. The number of hydrogen-bond acceptors (Lipinski definition) is 5. The molecular weight excluding hydrogens is 382 g/mol. The minimum Gasteiger partial charge on any atom is -0.484 e. The highest BCUT2D eigenvalue weighted by atomic mass is 16.5. The Kier molecular flexibility index (Phi) is 5.39. The molecular formula is C24H21NO5. The van der Waals surface area contributed by atoms with Crippen molar-refractivity contribution in [3.63, 3.8) is 0 Å². The topological polar surface area (TPSA) is 72.9 Å². The van der Waals surface area contributed by atoms with Crippen LogP contribution in [0.3, 0.4) is 0 Å². The summed E-state index contributed by atoms with van der Waals surface area (Å²) in [6, 6.07) is 17.9. The normalized spacial score (nSPS) is 10.9. The summed E-state index contributed by atoms with van der Waals surface area (Å²) >= 11 is 0. The molecule has 0 radical (unpaired) electrons. The number of hydrogen-bond donors (Lipinski definition) is 0. The maximum Gasteiger partial charge on any atom is 0.336 e. The Morgan fingerprint density at radius 3 is 2.57 bits per heavy atom. The highest BCUT2D eigenvalue weighted by Crippen LogP contribution is 2.23. The van der Waals surface area contributed by atoms with Crippen LogP contribution < -0.4 is 15.3 Å². The molecule has 4 aromatic rings. The maximum atomic E-state index is 13.0. The summed E-state index contributed by atoms with van der Waals surface area (Å²) in [5, 5.41) is 0.769. The molecule has 0 fully saturated rings. The molecule has 0 atom stereocenters. The van der Waals surface area contributed by atoms with Gasteiger partial charge in [-0.25, -0.2) is 4.79 Å². The van der Waals surface area contributed by atoms with Gasteiger partial charge in [0.2, 0.25) is 0 Å². The zero-order chi connectivity index (χ0) is 21.1. The van der Waals surface area contributed by atoms with E-state index in [1.54, 1.807) is 35.4 Å². The summed E-state index contributed by atoms with van der Waals surface area (Å²) in [5.74, 6) is 1.00. The maximum absolute atomic E-state index is 13.0. The van der Waals surface area contributed by atoms with E-state index in [2.05, 4.69) is 0 Å². The van der Waals surface area contributed by atoms with E-state index in [-0.39, 0.29) is 12.5 Å². The molecule has 6 heteroatoms. The predicted octanol–water partition coefficient (Wildman–Crippen LogP) is 4.62.